The third-order valence-corrected chi connectivity index (χ3v) is 4.95. The summed E-state index contributed by atoms with van der Waals surface area (Å²) in [7, 11) is 0. The molecule has 3 nitrogen and oxygen atoms in total. The molecule has 0 radical (unpaired) electrons. The summed E-state index contributed by atoms with van der Waals surface area (Å²) in [6.45, 7) is 4.40. The Balaban J connectivity index is 1.57. The van der Waals surface area contributed by atoms with Crippen LogP contribution in [0.5, 0.6) is 5.75 Å². The summed E-state index contributed by atoms with van der Waals surface area (Å²) < 4.78 is 5.55. The van der Waals surface area contributed by atoms with Crippen molar-refractivity contribution in [3.8, 4) is 5.75 Å². The second-order valence-corrected chi connectivity index (χ2v) is 6.23. The highest BCUT2D eigenvalue weighted by molar-refractivity contribution is 5.40. The maximum Gasteiger partial charge on any atom is 0.122 e. The van der Waals surface area contributed by atoms with Crippen molar-refractivity contribution in [2.24, 2.45) is 11.8 Å². The zero-order valence-corrected chi connectivity index (χ0v) is 12.3. The number of hydrogen-bond acceptors (Lipinski definition) is 3. The first kappa shape index (κ1) is 13.9. The fourth-order valence-electron chi connectivity index (χ4n) is 3.54. The minimum atomic E-state index is 0.344. The van der Waals surface area contributed by atoms with Crippen LogP contribution in [0.25, 0.3) is 0 Å². The molecule has 3 atom stereocenters. The van der Waals surface area contributed by atoms with Gasteiger partial charge in [0, 0.05) is 19.1 Å². The van der Waals surface area contributed by atoms with Crippen LogP contribution in [0.2, 0.25) is 0 Å². The highest BCUT2D eigenvalue weighted by atomic mass is 16.5. The van der Waals surface area contributed by atoms with Crippen molar-refractivity contribution in [3.63, 3.8) is 0 Å². The molecule has 1 saturated carbocycles. The maximum absolute atomic E-state index is 9.38. The van der Waals surface area contributed by atoms with Crippen LogP contribution in [-0.2, 0) is 6.42 Å². The van der Waals surface area contributed by atoms with Crippen LogP contribution >= 0.6 is 0 Å². The number of rotatable bonds is 5. The Bertz CT molecular complexity index is 460. The fraction of sp³-hybridized carbons (Fsp3) is 0.647. The highest BCUT2D eigenvalue weighted by Gasteiger charge is 2.26. The van der Waals surface area contributed by atoms with E-state index in [0.717, 1.165) is 25.3 Å². The third kappa shape index (κ3) is 2.84. The molecule has 1 aliphatic carbocycles. The molecule has 0 bridgehead atoms. The molecule has 3 unspecified atom stereocenters. The molecule has 1 aliphatic heterocycles. The SMILES string of the molecule is CC(NCC1CCCC1CO)c1ccc2c(c1)CCO2. The van der Waals surface area contributed by atoms with Crippen molar-refractivity contribution in [3.05, 3.63) is 29.3 Å². The first-order valence-corrected chi connectivity index (χ1v) is 7.88. The molecule has 1 fully saturated rings. The largest absolute Gasteiger partial charge is 0.493 e. The maximum atomic E-state index is 9.38. The lowest BCUT2D eigenvalue weighted by Gasteiger charge is -2.21. The van der Waals surface area contributed by atoms with Crippen LogP contribution in [-0.4, -0.2) is 24.9 Å². The van der Waals surface area contributed by atoms with Gasteiger partial charge in [0.05, 0.1) is 6.61 Å². The Hall–Kier alpha value is -1.06. The molecule has 0 saturated heterocycles. The molecule has 2 aliphatic rings. The average Bonchev–Trinajstić information content (AvgIpc) is 3.12. The molecular formula is C17H25NO2. The molecule has 2 N–H and O–H groups in total. The summed E-state index contributed by atoms with van der Waals surface area (Å²) >= 11 is 0. The highest BCUT2D eigenvalue weighted by Crippen LogP contribution is 2.32. The summed E-state index contributed by atoms with van der Waals surface area (Å²) in [5.74, 6) is 2.19. The first-order chi connectivity index (χ1) is 9.78. The van der Waals surface area contributed by atoms with Gasteiger partial charge in [0.15, 0.2) is 0 Å². The van der Waals surface area contributed by atoms with Gasteiger partial charge in [-0.3, -0.25) is 0 Å². The van der Waals surface area contributed by atoms with Crippen molar-refractivity contribution in [2.75, 3.05) is 19.8 Å². The molecule has 20 heavy (non-hydrogen) atoms. The van der Waals surface area contributed by atoms with Crippen molar-refractivity contribution >= 4 is 0 Å². The zero-order chi connectivity index (χ0) is 13.9. The predicted octanol–water partition coefficient (Wildman–Crippen LogP) is 2.68. The van der Waals surface area contributed by atoms with Crippen molar-refractivity contribution < 1.29 is 9.84 Å². The summed E-state index contributed by atoms with van der Waals surface area (Å²) in [5, 5.41) is 13.0. The van der Waals surface area contributed by atoms with Gasteiger partial charge < -0.3 is 15.2 Å². The first-order valence-electron chi connectivity index (χ1n) is 7.88. The number of ether oxygens (including phenoxy) is 1. The number of fused-ring (bicyclic) bond motifs is 1. The van der Waals surface area contributed by atoms with Crippen LogP contribution in [0.3, 0.4) is 0 Å². The Labute approximate surface area is 121 Å². The number of aliphatic hydroxyl groups excluding tert-OH is 1. The van der Waals surface area contributed by atoms with Crippen LogP contribution < -0.4 is 10.1 Å². The number of hydrogen-bond donors (Lipinski definition) is 2. The summed E-state index contributed by atoms with van der Waals surface area (Å²) in [4.78, 5) is 0. The molecular weight excluding hydrogens is 250 g/mol. The predicted molar refractivity (Wildman–Crippen MR) is 80.0 cm³/mol. The zero-order valence-electron chi connectivity index (χ0n) is 12.3. The standard InChI is InChI=1S/C17H25NO2/c1-12(18-10-15-3-2-4-16(15)11-19)13-5-6-17-14(9-13)7-8-20-17/h5-6,9,12,15-16,18-19H,2-4,7-8,10-11H2,1H3. The van der Waals surface area contributed by atoms with E-state index < -0.39 is 0 Å². The Morgan fingerprint density at radius 2 is 2.20 bits per heavy atom. The molecule has 0 spiro atoms. The van der Waals surface area contributed by atoms with Gasteiger partial charge in [-0.15, -0.1) is 0 Å². The third-order valence-electron chi connectivity index (χ3n) is 4.95. The van der Waals surface area contributed by atoms with Crippen LogP contribution in [0, 0.1) is 11.8 Å². The van der Waals surface area contributed by atoms with Crippen molar-refractivity contribution in [1.29, 1.82) is 0 Å². The van der Waals surface area contributed by atoms with Gasteiger partial charge in [-0.1, -0.05) is 18.6 Å². The molecule has 3 rings (SSSR count). The molecule has 1 aromatic carbocycles. The Morgan fingerprint density at radius 1 is 1.35 bits per heavy atom. The second-order valence-electron chi connectivity index (χ2n) is 6.23. The smallest absolute Gasteiger partial charge is 0.122 e. The average molecular weight is 275 g/mol. The van der Waals surface area contributed by atoms with E-state index in [2.05, 4.69) is 30.4 Å². The van der Waals surface area contributed by atoms with E-state index in [0.29, 0.717) is 24.5 Å². The normalized spacial score (nSPS) is 26.3. The van der Waals surface area contributed by atoms with Crippen molar-refractivity contribution in [1.82, 2.24) is 5.32 Å². The van der Waals surface area contributed by atoms with E-state index in [1.54, 1.807) is 0 Å². The molecule has 1 aromatic rings. The monoisotopic (exact) mass is 275 g/mol. The van der Waals surface area contributed by atoms with Gasteiger partial charge in [0.1, 0.15) is 5.75 Å². The van der Waals surface area contributed by atoms with E-state index >= 15 is 0 Å². The Morgan fingerprint density at radius 3 is 3.05 bits per heavy atom. The molecule has 0 amide bonds. The summed E-state index contributed by atoms with van der Waals surface area (Å²) in [6, 6.07) is 6.90. The topological polar surface area (TPSA) is 41.5 Å². The number of aliphatic hydroxyl groups is 1. The lowest BCUT2D eigenvalue weighted by molar-refractivity contribution is 0.190. The summed E-state index contributed by atoms with van der Waals surface area (Å²) in [5.41, 5.74) is 2.68. The molecule has 110 valence electrons. The van der Waals surface area contributed by atoms with Gasteiger partial charge >= 0.3 is 0 Å². The molecule has 1 heterocycles. The van der Waals surface area contributed by atoms with Crippen LogP contribution in [0.15, 0.2) is 18.2 Å². The van der Waals surface area contributed by atoms with E-state index in [1.165, 1.54) is 30.4 Å². The Kier molecular flexibility index (Phi) is 4.27. The van der Waals surface area contributed by atoms with Crippen LogP contribution in [0.1, 0.15) is 43.4 Å². The van der Waals surface area contributed by atoms with Crippen molar-refractivity contribution in [2.45, 2.75) is 38.6 Å². The number of nitrogens with one attached hydrogen (secondary N) is 1. The lowest BCUT2D eigenvalue weighted by Crippen LogP contribution is -2.28. The van der Waals surface area contributed by atoms with E-state index in [1.807, 2.05) is 0 Å². The lowest BCUT2D eigenvalue weighted by atomic mass is 9.96. The van der Waals surface area contributed by atoms with Crippen LogP contribution in [0.4, 0.5) is 0 Å². The van der Waals surface area contributed by atoms with E-state index in [9.17, 15) is 5.11 Å². The minimum Gasteiger partial charge on any atom is -0.493 e. The number of benzene rings is 1. The quantitative estimate of drug-likeness (QED) is 0.868. The van der Waals surface area contributed by atoms with Gasteiger partial charge in [0.25, 0.3) is 0 Å². The summed E-state index contributed by atoms with van der Waals surface area (Å²) in [6.07, 6.45) is 4.74. The van der Waals surface area contributed by atoms with E-state index in [-0.39, 0.29) is 0 Å². The second kappa shape index (κ2) is 6.15. The fourth-order valence-corrected chi connectivity index (χ4v) is 3.54. The van der Waals surface area contributed by atoms with Gasteiger partial charge in [-0.05, 0) is 55.3 Å². The van der Waals surface area contributed by atoms with Gasteiger partial charge in [0.2, 0.25) is 0 Å². The molecule has 3 heteroatoms. The van der Waals surface area contributed by atoms with E-state index in [4.69, 9.17) is 4.74 Å². The van der Waals surface area contributed by atoms with Gasteiger partial charge in [-0.2, -0.15) is 0 Å². The molecule has 0 aromatic heterocycles. The van der Waals surface area contributed by atoms with Gasteiger partial charge in [-0.25, -0.2) is 0 Å². The minimum absolute atomic E-state index is 0.344.